The highest BCUT2D eigenvalue weighted by Crippen LogP contribution is 2.58. The van der Waals surface area contributed by atoms with E-state index < -0.39 is 5.41 Å². The van der Waals surface area contributed by atoms with Crippen LogP contribution in [0.5, 0.6) is 0 Å². The quantitative estimate of drug-likeness (QED) is 0.164. The molecule has 0 saturated heterocycles. The Morgan fingerprint density at radius 3 is 1.57 bits per heavy atom. The predicted octanol–water partition coefficient (Wildman–Crippen LogP) is 14.0. The summed E-state index contributed by atoms with van der Waals surface area (Å²) in [5.74, 6) is 0. The van der Waals surface area contributed by atoms with Crippen LogP contribution in [0.15, 0.2) is 206 Å². The van der Waals surface area contributed by atoms with E-state index in [1.165, 1.54) is 98.7 Å². The van der Waals surface area contributed by atoms with Crippen molar-refractivity contribution in [1.29, 1.82) is 0 Å². The van der Waals surface area contributed by atoms with E-state index in [0.29, 0.717) is 0 Å². The standard InChI is InChI=1S/C53H34/c1-3-20-39(21-4-1)53(40-22-5-2-6-23-40)49-29-14-13-25-42(49)46-33-47-48(34-50(46)53)52(43-28-15-19-36-17-9-10-24-41(36)43)45-27-12-11-26-44(45)51(47)38-31-30-35-16-7-8-18-37(35)32-38/h1-34H. The SMILES string of the molecule is c1ccc(C2(c3ccccc3)c3ccccc3-c3cc4c(-c5ccc6ccccc6c5)c5ccccc5c(-c5cccc6ccccc56)c4cc32)cc1. The fourth-order valence-corrected chi connectivity index (χ4v) is 9.50. The largest absolute Gasteiger partial charge is 0.0713 e. The maximum atomic E-state index is 2.57. The van der Waals surface area contributed by atoms with Crippen molar-refractivity contribution in [3.63, 3.8) is 0 Å². The second-order valence-electron chi connectivity index (χ2n) is 14.4. The zero-order chi connectivity index (χ0) is 34.9. The first-order valence-electron chi connectivity index (χ1n) is 18.5. The summed E-state index contributed by atoms with van der Waals surface area (Å²) < 4.78 is 0. The summed E-state index contributed by atoms with van der Waals surface area (Å²) in [5.41, 5.74) is 12.4. The predicted molar refractivity (Wildman–Crippen MR) is 225 cm³/mol. The molecule has 0 nitrogen and oxygen atoms in total. The number of rotatable bonds is 4. The maximum absolute atomic E-state index is 2.57. The normalized spacial score (nSPS) is 13.1. The van der Waals surface area contributed by atoms with E-state index >= 15 is 0 Å². The van der Waals surface area contributed by atoms with Crippen LogP contribution in [-0.4, -0.2) is 0 Å². The number of fused-ring (bicyclic) bond motifs is 7. The molecule has 0 amide bonds. The third-order valence-electron chi connectivity index (χ3n) is 11.7. The van der Waals surface area contributed by atoms with Crippen LogP contribution < -0.4 is 0 Å². The number of hydrogen-bond acceptors (Lipinski definition) is 0. The Morgan fingerprint density at radius 2 is 0.811 bits per heavy atom. The van der Waals surface area contributed by atoms with Crippen LogP contribution in [0.25, 0.3) is 76.5 Å². The highest BCUT2D eigenvalue weighted by atomic mass is 14.5. The molecule has 0 radical (unpaired) electrons. The van der Waals surface area contributed by atoms with Gasteiger partial charge in [0.2, 0.25) is 0 Å². The van der Waals surface area contributed by atoms with Gasteiger partial charge in [-0.05, 0) is 117 Å². The summed E-state index contributed by atoms with van der Waals surface area (Å²) in [7, 11) is 0. The average molecular weight is 671 g/mol. The Labute approximate surface area is 309 Å². The van der Waals surface area contributed by atoms with Crippen LogP contribution in [0.4, 0.5) is 0 Å². The molecule has 1 aliphatic rings. The molecule has 0 atom stereocenters. The van der Waals surface area contributed by atoms with Gasteiger partial charge in [0, 0.05) is 0 Å². The van der Waals surface area contributed by atoms with Crippen LogP contribution in [0.2, 0.25) is 0 Å². The maximum Gasteiger partial charge on any atom is 0.0713 e. The molecule has 10 aromatic carbocycles. The van der Waals surface area contributed by atoms with Gasteiger partial charge in [-0.15, -0.1) is 0 Å². The molecule has 0 N–H and O–H groups in total. The molecular formula is C53H34. The molecule has 0 heterocycles. The molecule has 11 rings (SSSR count). The van der Waals surface area contributed by atoms with Crippen molar-refractivity contribution >= 4 is 43.1 Å². The third kappa shape index (κ3) is 4.30. The van der Waals surface area contributed by atoms with Crippen LogP contribution in [-0.2, 0) is 5.41 Å². The lowest BCUT2D eigenvalue weighted by Crippen LogP contribution is -2.28. The fraction of sp³-hybridized carbons (Fsp3) is 0.0189. The van der Waals surface area contributed by atoms with Gasteiger partial charge in [0.05, 0.1) is 5.41 Å². The van der Waals surface area contributed by atoms with Crippen molar-refractivity contribution in [2.45, 2.75) is 5.41 Å². The highest BCUT2D eigenvalue weighted by molar-refractivity contribution is 6.24. The summed E-state index contributed by atoms with van der Waals surface area (Å²) >= 11 is 0. The smallest absolute Gasteiger partial charge is 0.0622 e. The van der Waals surface area contributed by atoms with Gasteiger partial charge in [-0.3, -0.25) is 0 Å². The van der Waals surface area contributed by atoms with Crippen molar-refractivity contribution in [3.05, 3.63) is 229 Å². The summed E-state index contributed by atoms with van der Waals surface area (Å²) in [5, 5.41) is 10.1. The summed E-state index contributed by atoms with van der Waals surface area (Å²) in [6.45, 7) is 0. The van der Waals surface area contributed by atoms with Gasteiger partial charge in [-0.1, -0.05) is 188 Å². The first-order chi connectivity index (χ1) is 26.3. The Bertz CT molecular complexity index is 3000. The fourth-order valence-electron chi connectivity index (χ4n) is 9.50. The van der Waals surface area contributed by atoms with Crippen molar-refractivity contribution in [3.8, 4) is 33.4 Å². The first-order valence-corrected chi connectivity index (χ1v) is 18.5. The van der Waals surface area contributed by atoms with Gasteiger partial charge in [-0.2, -0.15) is 0 Å². The second-order valence-corrected chi connectivity index (χ2v) is 14.4. The van der Waals surface area contributed by atoms with E-state index in [4.69, 9.17) is 0 Å². The van der Waals surface area contributed by atoms with E-state index in [0.717, 1.165) is 0 Å². The van der Waals surface area contributed by atoms with Crippen molar-refractivity contribution in [1.82, 2.24) is 0 Å². The minimum atomic E-state index is -0.493. The van der Waals surface area contributed by atoms with E-state index in [1.54, 1.807) is 0 Å². The molecular weight excluding hydrogens is 637 g/mol. The lowest BCUT2D eigenvalue weighted by molar-refractivity contribution is 0.769. The monoisotopic (exact) mass is 670 g/mol. The number of hydrogen-bond donors (Lipinski definition) is 0. The zero-order valence-corrected chi connectivity index (χ0v) is 29.1. The van der Waals surface area contributed by atoms with E-state index in [-0.39, 0.29) is 0 Å². The lowest BCUT2D eigenvalue weighted by Gasteiger charge is -2.34. The Kier molecular flexibility index (Phi) is 6.57. The lowest BCUT2D eigenvalue weighted by atomic mass is 9.67. The van der Waals surface area contributed by atoms with Crippen LogP contribution in [0.3, 0.4) is 0 Å². The van der Waals surface area contributed by atoms with Crippen molar-refractivity contribution in [2.75, 3.05) is 0 Å². The van der Waals surface area contributed by atoms with Gasteiger partial charge in [0.25, 0.3) is 0 Å². The molecule has 246 valence electrons. The summed E-state index contributed by atoms with van der Waals surface area (Å²) in [4.78, 5) is 0. The van der Waals surface area contributed by atoms with Crippen LogP contribution in [0.1, 0.15) is 22.3 Å². The second kappa shape index (κ2) is 11.6. The first kappa shape index (κ1) is 29.9. The minimum Gasteiger partial charge on any atom is -0.0622 e. The van der Waals surface area contributed by atoms with Crippen LogP contribution in [0, 0.1) is 0 Å². The molecule has 53 heavy (non-hydrogen) atoms. The average Bonchev–Trinajstić information content (AvgIpc) is 3.52. The van der Waals surface area contributed by atoms with Gasteiger partial charge in [0.1, 0.15) is 0 Å². The van der Waals surface area contributed by atoms with E-state index in [2.05, 4.69) is 206 Å². The molecule has 10 aromatic rings. The Balaban J connectivity index is 1.37. The molecule has 0 heteroatoms. The highest BCUT2D eigenvalue weighted by Gasteiger charge is 2.46. The molecule has 0 spiro atoms. The molecule has 0 aliphatic heterocycles. The van der Waals surface area contributed by atoms with Crippen molar-refractivity contribution in [2.24, 2.45) is 0 Å². The molecule has 0 saturated carbocycles. The molecule has 0 bridgehead atoms. The van der Waals surface area contributed by atoms with Gasteiger partial charge < -0.3 is 0 Å². The van der Waals surface area contributed by atoms with Gasteiger partial charge in [-0.25, -0.2) is 0 Å². The Morgan fingerprint density at radius 1 is 0.264 bits per heavy atom. The Hall–Kier alpha value is -6.76. The zero-order valence-electron chi connectivity index (χ0n) is 29.1. The molecule has 0 fully saturated rings. The summed E-state index contributed by atoms with van der Waals surface area (Å²) in [6, 6.07) is 76.8. The third-order valence-corrected chi connectivity index (χ3v) is 11.7. The van der Waals surface area contributed by atoms with Gasteiger partial charge >= 0.3 is 0 Å². The van der Waals surface area contributed by atoms with Crippen LogP contribution >= 0.6 is 0 Å². The van der Waals surface area contributed by atoms with Gasteiger partial charge in [0.15, 0.2) is 0 Å². The molecule has 1 aliphatic carbocycles. The number of benzene rings is 10. The molecule has 0 unspecified atom stereocenters. The van der Waals surface area contributed by atoms with E-state index in [1.807, 2.05) is 0 Å². The summed E-state index contributed by atoms with van der Waals surface area (Å²) in [6.07, 6.45) is 0. The molecule has 0 aromatic heterocycles. The minimum absolute atomic E-state index is 0.493. The van der Waals surface area contributed by atoms with E-state index in [9.17, 15) is 0 Å². The van der Waals surface area contributed by atoms with Crippen molar-refractivity contribution < 1.29 is 0 Å². The topological polar surface area (TPSA) is 0 Å².